The number of ether oxygens (including phenoxy) is 2. The molecule has 0 bridgehead atoms. The first-order valence-electron chi connectivity index (χ1n) is 6.55. The number of aromatic nitrogens is 2. The number of imidazole rings is 1. The third-order valence-electron chi connectivity index (χ3n) is 3.32. The SMILES string of the molecule is C[C@H](Cl)OC(=O)c1ccc2ncn(C[C@@H]3CCO3)c2c1. The van der Waals surface area contributed by atoms with Gasteiger partial charge in [0.15, 0.2) is 5.56 Å². The van der Waals surface area contributed by atoms with E-state index in [0.29, 0.717) is 5.56 Å². The topological polar surface area (TPSA) is 53.3 Å². The molecular weight excluding hydrogens is 280 g/mol. The molecule has 2 heterocycles. The van der Waals surface area contributed by atoms with Crippen molar-refractivity contribution < 1.29 is 14.3 Å². The first-order chi connectivity index (χ1) is 9.63. The van der Waals surface area contributed by atoms with Crippen molar-refractivity contribution in [3.8, 4) is 0 Å². The van der Waals surface area contributed by atoms with Gasteiger partial charge in [-0.05, 0) is 31.5 Å². The predicted molar refractivity (Wildman–Crippen MR) is 74.8 cm³/mol. The molecule has 1 aliphatic rings. The lowest BCUT2D eigenvalue weighted by Crippen LogP contribution is -2.30. The van der Waals surface area contributed by atoms with Crippen molar-refractivity contribution in [1.29, 1.82) is 0 Å². The van der Waals surface area contributed by atoms with Crippen LogP contribution in [0.25, 0.3) is 11.0 Å². The zero-order valence-corrected chi connectivity index (χ0v) is 11.8. The van der Waals surface area contributed by atoms with Crippen LogP contribution in [0.3, 0.4) is 0 Å². The highest BCUT2D eigenvalue weighted by molar-refractivity contribution is 6.20. The molecule has 3 rings (SSSR count). The van der Waals surface area contributed by atoms with Crippen molar-refractivity contribution in [2.45, 2.75) is 31.6 Å². The molecule has 0 saturated carbocycles. The number of alkyl halides is 1. The largest absolute Gasteiger partial charge is 0.443 e. The Hall–Kier alpha value is -1.59. The second-order valence-corrected chi connectivity index (χ2v) is 5.44. The average molecular weight is 295 g/mol. The number of hydrogen-bond acceptors (Lipinski definition) is 4. The molecule has 0 amide bonds. The molecular formula is C14H15ClN2O3. The molecule has 0 unspecified atom stereocenters. The van der Waals surface area contributed by atoms with Gasteiger partial charge in [-0.2, -0.15) is 0 Å². The van der Waals surface area contributed by atoms with Crippen LogP contribution in [0.5, 0.6) is 0 Å². The van der Waals surface area contributed by atoms with E-state index in [1.807, 2.05) is 10.6 Å². The molecule has 0 radical (unpaired) electrons. The Morgan fingerprint density at radius 3 is 3.10 bits per heavy atom. The van der Waals surface area contributed by atoms with Gasteiger partial charge in [0.2, 0.25) is 0 Å². The number of halogens is 1. The van der Waals surface area contributed by atoms with Crippen LogP contribution >= 0.6 is 11.6 Å². The predicted octanol–water partition coefficient (Wildman–Crippen LogP) is 2.57. The summed E-state index contributed by atoms with van der Waals surface area (Å²) in [5.74, 6) is -0.429. The highest BCUT2D eigenvalue weighted by Crippen LogP contribution is 2.20. The van der Waals surface area contributed by atoms with E-state index in [1.54, 1.807) is 25.4 Å². The highest BCUT2D eigenvalue weighted by Gasteiger charge is 2.20. The number of carbonyl (C=O) groups is 1. The Kier molecular flexibility index (Phi) is 3.63. The van der Waals surface area contributed by atoms with Gasteiger partial charge in [-0.15, -0.1) is 0 Å². The van der Waals surface area contributed by atoms with Crippen LogP contribution in [-0.2, 0) is 16.0 Å². The minimum absolute atomic E-state index is 0.242. The van der Waals surface area contributed by atoms with Gasteiger partial charge in [0.1, 0.15) is 0 Å². The van der Waals surface area contributed by atoms with Crippen LogP contribution in [-0.4, -0.2) is 33.8 Å². The third-order valence-corrected chi connectivity index (χ3v) is 3.41. The normalized spacial score (nSPS) is 19.6. The minimum atomic E-state index is -0.647. The molecule has 106 valence electrons. The summed E-state index contributed by atoms with van der Waals surface area (Å²) in [6.07, 6.45) is 3.07. The van der Waals surface area contributed by atoms with E-state index in [0.717, 1.165) is 30.6 Å². The summed E-state index contributed by atoms with van der Waals surface area (Å²) in [5, 5.41) is 0. The second kappa shape index (κ2) is 5.42. The lowest BCUT2D eigenvalue weighted by Gasteiger charge is -2.26. The summed E-state index contributed by atoms with van der Waals surface area (Å²) in [6, 6.07) is 5.28. The Balaban J connectivity index is 1.88. The molecule has 1 saturated heterocycles. The summed E-state index contributed by atoms with van der Waals surface area (Å²) >= 11 is 5.67. The quantitative estimate of drug-likeness (QED) is 0.642. The highest BCUT2D eigenvalue weighted by atomic mass is 35.5. The number of nitrogens with zero attached hydrogens (tertiary/aromatic N) is 2. The van der Waals surface area contributed by atoms with E-state index >= 15 is 0 Å². The van der Waals surface area contributed by atoms with E-state index in [2.05, 4.69) is 4.98 Å². The number of carbonyl (C=O) groups excluding carboxylic acids is 1. The van der Waals surface area contributed by atoms with E-state index in [1.165, 1.54) is 0 Å². The maximum atomic E-state index is 11.9. The fourth-order valence-corrected chi connectivity index (χ4v) is 2.27. The molecule has 1 aromatic carbocycles. The van der Waals surface area contributed by atoms with Crippen molar-refractivity contribution in [2.24, 2.45) is 0 Å². The fourth-order valence-electron chi connectivity index (χ4n) is 2.19. The number of hydrogen-bond donors (Lipinski definition) is 0. The first kappa shape index (κ1) is 13.4. The Bertz CT molecular complexity index is 634. The molecule has 0 N–H and O–H groups in total. The number of benzene rings is 1. The number of fused-ring (bicyclic) bond motifs is 1. The molecule has 5 nitrogen and oxygen atoms in total. The molecule has 1 aliphatic heterocycles. The van der Waals surface area contributed by atoms with Crippen molar-refractivity contribution >= 4 is 28.6 Å². The van der Waals surface area contributed by atoms with E-state index in [4.69, 9.17) is 21.1 Å². The molecule has 2 atom stereocenters. The number of esters is 1. The van der Waals surface area contributed by atoms with Crippen molar-refractivity contribution in [3.05, 3.63) is 30.1 Å². The van der Waals surface area contributed by atoms with E-state index < -0.39 is 11.5 Å². The van der Waals surface area contributed by atoms with E-state index in [-0.39, 0.29) is 6.10 Å². The Morgan fingerprint density at radius 1 is 1.65 bits per heavy atom. The van der Waals surface area contributed by atoms with Gasteiger partial charge in [-0.25, -0.2) is 9.78 Å². The summed E-state index contributed by atoms with van der Waals surface area (Å²) < 4.78 is 12.4. The Morgan fingerprint density at radius 2 is 2.45 bits per heavy atom. The van der Waals surface area contributed by atoms with Crippen LogP contribution in [0.15, 0.2) is 24.5 Å². The van der Waals surface area contributed by atoms with Gasteiger partial charge >= 0.3 is 5.97 Å². The van der Waals surface area contributed by atoms with Gasteiger partial charge in [0.25, 0.3) is 0 Å². The first-order valence-corrected chi connectivity index (χ1v) is 6.98. The van der Waals surface area contributed by atoms with Crippen LogP contribution in [0.1, 0.15) is 23.7 Å². The average Bonchev–Trinajstić information content (AvgIpc) is 2.75. The lowest BCUT2D eigenvalue weighted by molar-refractivity contribution is -0.0586. The maximum absolute atomic E-state index is 11.9. The smallest absolute Gasteiger partial charge is 0.339 e. The lowest BCUT2D eigenvalue weighted by atomic mass is 10.1. The molecule has 1 fully saturated rings. The summed E-state index contributed by atoms with van der Waals surface area (Å²) in [5.41, 5.74) is 1.57. The maximum Gasteiger partial charge on any atom is 0.339 e. The molecule has 6 heteroatoms. The van der Waals surface area contributed by atoms with Gasteiger partial charge < -0.3 is 14.0 Å². The summed E-state index contributed by atoms with van der Waals surface area (Å²) in [6.45, 7) is 3.18. The van der Waals surface area contributed by atoms with Crippen LogP contribution in [0.2, 0.25) is 0 Å². The fraction of sp³-hybridized carbons (Fsp3) is 0.429. The zero-order chi connectivity index (χ0) is 14.1. The van der Waals surface area contributed by atoms with E-state index in [9.17, 15) is 4.79 Å². The molecule has 0 aliphatic carbocycles. The second-order valence-electron chi connectivity index (χ2n) is 4.83. The van der Waals surface area contributed by atoms with Crippen LogP contribution in [0, 0.1) is 0 Å². The number of rotatable bonds is 4. The van der Waals surface area contributed by atoms with Gasteiger partial charge in [-0.3, -0.25) is 0 Å². The van der Waals surface area contributed by atoms with Crippen molar-refractivity contribution in [1.82, 2.24) is 9.55 Å². The minimum Gasteiger partial charge on any atom is -0.443 e. The van der Waals surface area contributed by atoms with Gasteiger partial charge in [0.05, 0.1) is 35.6 Å². The zero-order valence-electron chi connectivity index (χ0n) is 11.1. The summed E-state index contributed by atoms with van der Waals surface area (Å²) in [7, 11) is 0. The van der Waals surface area contributed by atoms with Crippen molar-refractivity contribution in [2.75, 3.05) is 6.61 Å². The standard InChI is InChI=1S/C14H15ClN2O3/c1-9(15)20-14(18)10-2-3-12-13(6-10)17(8-16-12)7-11-4-5-19-11/h2-3,6,8-9,11H,4-5,7H2,1H3/t9-,11+/m1/s1. The van der Waals surface area contributed by atoms with Crippen LogP contribution in [0.4, 0.5) is 0 Å². The molecule has 1 aromatic heterocycles. The molecule has 0 spiro atoms. The Labute approximate surface area is 121 Å². The molecule has 2 aromatic rings. The monoisotopic (exact) mass is 294 g/mol. The van der Waals surface area contributed by atoms with Gasteiger partial charge in [-0.1, -0.05) is 11.6 Å². The van der Waals surface area contributed by atoms with Gasteiger partial charge in [0, 0.05) is 6.61 Å². The van der Waals surface area contributed by atoms with Crippen molar-refractivity contribution in [3.63, 3.8) is 0 Å². The van der Waals surface area contributed by atoms with Crippen LogP contribution < -0.4 is 0 Å². The third kappa shape index (κ3) is 2.64. The summed E-state index contributed by atoms with van der Waals surface area (Å²) in [4.78, 5) is 16.2. The molecule has 20 heavy (non-hydrogen) atoms.